The molecule has 1 heterocycles. The Hall–Kier alpha value is -0.0800. The molecule has 0 aromatic heterocycles. The highest BCUT2D eigenvalue weighted by Crippen LogP contribution is 2.28. The van der Waals surface area contributed by atoms with Gasteiger partial charge in [-0.25, -0.2) is 0 Å². The third kappa shape index (κ3) is 4.75. The van der Waals surface area contributed by atoms with E-state index < -0.39 is 0 Å². The first kappa shape index (κ1) is 17.0. The second kappa shape index (κ2) is 8.26. The summed E-state index contributed by atoms with van der Waals surface area (Å²) < 4.78 is 0. The molecule has 114 valence electrons. The molecule has 1 rings (SSSR count). The van der Waals surface area contributed by atoms with Crippen molar-refractivity contribution in [3.8, 4) is 0 Å². The highest BCUT2D eigenvalue weighted by Gasteiger charge is 2.37. The van der Waals surface area contributed by atoms with Gasteiger partial charge < -0.3 is 5.32 Å². The van der Waals surface area contributed by atoms with Crippen LogP contribution in [0.4, 0.5) is 0 Å². The van der Waals surface area contributed by atoms with Crippen molar-refractivity contribution >= 4 is 0 Å². The fourth-order valence-corrected chi connectivity index (χ4v) is 3.53. The van der Waals surface area contributed by atoms with Crippen LogP contribution in [-0.4, -0.2) is 36.1 Å². The number of hydrogen-bond donors (Lipinski definition) is 1. The Morgan fingerprint density at radius 1 is 1.05 bits per heavy atom. The second-order valence-electron chi connectivity index (χ2n) is 6.87. The minimum absolute atomic E-state index is 0.273. The highest BCUT2D eigenvalue weighted by atomic mass is 15.2. The third-order valence-corrected chi connectivity index (χ3v) is 5.01. The van der Waals surface area contributed by atoms with E-state index in [1.165, 1.54) is 51.6 Å². The van der Waals surface area contributed by atoms with Crippen molar-refractivity contribution in [2.24, 2.45) is 5.92 Å². The fraction of sp³-hybridized carbons (Fsp3) is 1.00. The summed E-state index contributed by atoms with van der Waals surface area (Å²) in [6, 6.07) is 0.607. The predicted octanol–water partition coefficient (Wildman–Crippen LogP) is 4.06. The van der Waals surface area contributed by atoms with Gasteiger partial charge in [0.05, 0.1) is 0 Å². The summed E-state index contributed by atoms with van der Waals surface area (Å²) in [5, 5.41) is 3.84. The van der Waals surface area contributed by atoms with Gasteiger partial charge in [-0.15, -0.1) is 0 Å². The maximum atomic E-state index is 3.84. The summed E-state index contributed by atoms with van der Waals surface area (Å²) >= 11 is 0. The van der Waals surface area contributed by atoms with Crippen LogP contribution in [0.2, 0.25) is 0 Å². The summed E-state index contributed by atoms with van der Waals surface area (Å²) in [6.07, 6.45) is 8.09. The zero-order chi connectivity index (χ0) is 14.3. The van der Waals surface area contributed by atoms with E-state index in [2.05, 4.69) is 44.8 Å². The van der Waals surface area contributed by atoms with Gasteiger partial charge in [-0.05, 0) is 58.7 Å². The molecule has 2 unspecified atom stereocenters. The van der Waals surface area contributed by atoms with Gasteiger partial charge in [0.1, 0.15) is 0 Å². The van der Waals surface area contributed by atoms with Crippen LogP contribution in [0, 0.1) is 5.92 Å². The molecule has 2 heteroatoms. The molecule has 0 amide bonds. The SMILES string of the molecule is CCCNC(C(C)CC)C(C)(C)N1CCCCCC1. The molecular formula is C17H36N2. The van der Waals surface area contributed by atoms with Gasteiger partial charge >= 0.3 is 0 Å². The molecule has 1 N–H and O–H groups in total. The molecule has 0 saturated carbocycles. The van der Waals surface area contributed by atoms with Crippen LogP contribution in [0.3, 0.4) is 0 Å². The van der Waals surface area contributed by atoms with Crippen LogP contribution in [0.5, 0.6) is 0 Å². The summed E-state index contributed by atoms with van der Waals surface area (Å²) in [6.45, 7) is 15.6. The van der Waals surface area contributed by atoms with Gasteiger partial charge in [-0.1, -0.05) is 40.0 Å². The molecule has 1 saturated heterocycles. The van der Waals surface area contributed by atoms with E-state index in [-0.39, 0.29) is 5.54 Å². The zero-order valence-electron chi connectivity index (χ0n) is 14.0. The predicted molar refractivity (Wildman–Crippen MR) is 85.7 cm³/mol. The van der Waals surface area contributed by atoms with E-state index in [9.17, 15) is 0 Å². The largest absolute Gasteiger partial charge is 0.312 e. The summed E-state index contributed by atoms with van der Waals surface area (Å²) in [5.41, 5.74) is 0.273. The number of rotatable bonds is 7. The van der Waals surface area contributed by atoms with Gasteiger partial charge in [-0.3, -0.25) is 4.90 Å². The lowest BCUT2D eigenvalue weighted by Gasteiger charge is -2.46. The Bertz CT molecular complexity index is 229. The lowest BCUT2D eigenvalue weighted by molar-refractivity contribution is 0.0609. The van der Waals surface area contributed by atoms with Crippen molar-refractivity contribution < 1.29 is 0 Å². The van der Waals surface area contributed by atoms with Crippen molar-refractivity contribution in [2.45, 2.75) is 84.7 Å². The molecule has 19 heavy (non-hydrogen) atoms. The van der Waals surface area contributed by atoms with Gasteiger partial charge in [-0.2, -0.15) is 0 Å². The summed E-state index contributed by atoms with van der Waals surface area (Å²) in [4.78, 5) is 2.75. The standard InChI is InChI=1S/C17H36N2/c1-6-12-18-16(15(3)7-2)17(4,5)19-13-10-8-9-11-14-19/h15-16,18H,6-14H2,1-5H3. The third-order valence-electron chi connectivity index (χ3n) is 5.01. The van der Waals surface area contributed by atoms with Crippen molar-refractivity contribution in [3.63, 3.8) is 0 Å². The van der Waals surface area contributed by atoms with Crippen LogP contribution < -0.4 is 5.32 Å². The normalized spacial score (nSPS) is 21.9. The van der Waals surface area contributed by atoms with E-state index in [0.717, 1.165) is 12.5 Å². The topological polar surface area (TPSA) is 15.3 Å². The van der Waals surface area contributed by atoms with E-state index >= 15 is 0 Å². The molecule has 0 aliphatic carbocycles. The second-order valence-corrected chi connectivity index (χ2v) is 6.87. The van der Waals surface area contributed by atoms with Crippen molar-refractivity contribution in [3.05, 3.63) is 0 Å². The molecule has 1 aliphatic rings. The minimum atomic E-state index is 0.273. The lowest BCUT2D eigenvalue weighted by atomic mass is 9.82. The molecular weight excluding hydrogens is 232 g/mol. The van der Waals surface area contributed by atoms with Crippen molar-refractivity contribution in [1.29, 1.82) is 0 Å². The van der Waals surface area contributed by atoms with E-state index in [4.69, 9.17) is 0 Å². The van der Waals surface area contributed by atoms with Crippen molar-refractivity contribution in [2.75, 3.05) is 19.6 Å². The molecule has 0 aromatic rings. The Kier molecular flexibility index (Phi) is 7.38. The monoisotopic (exact) mass is 268 g/mol. The van der Waals surface area contributed by atoms with Gasteiger partial charge in [0.25, 0.3) is 0 Å². The molecule has 1 fully saturated rings. The quantitative estimate of drug-likeness (QED) is 0.749. The molecule has 0 bridgehead atoms. The first-order valence-electron chi connectivity index (χ1n) is 8.52. The number of hydrogen-bond acceptors (Lipinski definition) is 2. The molecule has 0 aromatic carbocycles. The average Bonchev–Trinajstić information content (AvgIpc) is 2.67. The zero-order valence-corrected chi connectivity index (χ0v) is 14.0. The first-order valence-corrected chi connectivity index (χ1v) is 8.52. The summed E-state index contributed by atoms with van der Waals surface area (Å²) in [5.74, 6) is 0.741. The fourth-order valence-electron chi connectivity index (χ4n) is 3.53. The minimum Gasteiger partial charge on any atom is -0.312 e. The van der Waals surface area contributed by atoms with Crippen LogP contribution in [0.15, 0.2) is 0 Å². The molecule has 0 spiro atoms. The van der Waals surface area contributed by atoms with Gasteiger partial charge in [0.2, 0.25) is 0 Å². The number of nitrogens with zero attached hydrogens (tertiary/aromatic N) is 1. The van der Waals surface area contributed by atoms with E-state index in [1.807, 2.05) is 0 Å². The maximum absolute atomic E-state index is 3.84. The summed E-state index contributed by atoms with van der Waals surface area (Å²) in [7, 11) is 0. The first-order chi connectivity index (χ1) is 9.04. The average molecular weight is 268 g/mol. The van der Waals surface area contributed by atoms with E-state index in [1.54, 1.807) is 0 Å². The Balaban J connectivity index is 2.76. The highest BCUT2D eigenvalue weighted by molar-refractivity contribution is 4.96. The Morgan fingerprint density at radius 2 is 1.63 bits per heavy atom. The van der Waals surface area contributed by atoms with Gasteiger partial charge in [0.15, 0.2) is 0 Å². The van der Waals surface area contributed by atoms with Crippen molar-refractivity contribution in [1.82, 2.24) is 10.2 Å². The molecule has 0 radical (unpaired) electrons. The van der Waals surface area contributed by atoms with Crippen LogP contribution in [0.25, 0.3) is 0 Å². The number of likely N-dealkylation sites (tertiary alicyclic amines) is 1. The Labute approximate surface area is 121 Å². The van der Waals surface area contributed by atoms with E-state index in [0.29, 0.717) is 6.04 Å². The van der Waals surface area contributed by atoms with Crippen LogP contribution in [0.1, 0.15) is 73.1 Å². The molecule has 1 aliphatic heterocycles. The van der Waals surface area contributed by atoms with Gasteiger partial charge in [0, 0.05) is 11.6 Å². The number of nitrogens with one attached hydrogen (secondary N) is 1. The molecule has 2 atom stereocenters. The Morgan fingerprint density at radius 3 is 2.11 bits per heavy atom. The van der Waals surface area contributed by atoms with Crippen LogP contribution in [-0.2, 0) is 0 Å². The van der Waals surface area contributed by atoms with Crippen LogP contribution >= 0.6 is 0 Å². The molecule has 2 nitrogen and oxygen atoms in total. The lowest BCUT2D eigenvalue weighted by Crippen LogP contribution is -2.60. The maximum Gasteiger partial charge on any atom is 0.0308 e. The smallest absolute Gasteiger partial charge is 0.0308 e.